The van der Waals surface area contributed by atoms with Gasteiger partial charge in [0.2, 0.25) is 0 Å². The maximum Gasteiger partial charge on any atom is 0.326 e. The van der Waals surface area contributed by atoms with Crippen molar-refractivity contribution in [3.8, 4) is 0 Å². The van der Waals surface area contributed by atoms with Gasteiger partial charge in [0.15, 0.2) is 0 Å². The third-order valence-corrected chi connectivity index (χ3v) is 3.39. The van der Waals surface area contributed by atoms with E-state index in [0.717, 1.165) is 30.8 Å². The molecule has 0 atom stereocenters. The summed E-state index contributed by atoms with van der Waals surface area (Å²) in [6.07, 6.45) is 4.05. The first-order chi connectivity index (χ1) is 8.18. The van der Waals surface area contributed by atoms with Crippen LogP contribution in [-0.4, -0.2) is 28.0 Å². The fraction of sp³-hybridized carbons (Fsp3) is 0.538. The second-order valence-electron chi connectivity index (χ2n) is 5.09. The molecule has 2 amide bonds. The predicted octanol–water partition coefficient (Wildman–Crippen LogP) is 2.39. The van der Waals surface area contributed by atoms with Crippen molar-refractivity contribution in [1.82, 2.24) is 9.88 Å². The minimum Gasteiger partial charge on any atom is -0.317 e. The van der Waals surface area contributed by atoms with E-state index in [1.165, 1.54) is 0 Å². The topological polar surface area (TPSA) is 36.4 Å². The van der Waals surface area contributed by atoms with Crippen LogP contribution in [0.5, 0.6) is 0 Å². The summed E-state index contributed by atoms with van der Waals surface area (Å²) < 4.78 is 0. The summed E-state index contributed by atoms with van der Waals surface area (Å²) in [7, 11) is 0. The Morgan fingerprint density at radius 1 is 1.41 bits per heavy atom. The fourth-order valence-electron chi connectivity index (χ4n) is 2.39. The molecule has 1 aromatic rings. The van der Waals surface area contributed by atoms with Crippen molar-refractivity contribution in [3.05, 3.63) is 23.9 Å². The smallest absolute Gasteiger partial charge is 0.317 e. The van der Waals surface area contributed by atoms with Crippen LogP contribution in [0.2, 0.25) is 0 Å². The Morgan fingerprint density at radius 2 is 2.18 bits per heavy atom. The largest absolute Gasteiger partial charge is 0.326 e. The Bertz CT molecular complexity index is 454. The SMILES string of the molecule is CC(C)N1C(=O)N(C2CC2)Cc2cccnc21. The molecule has 1 fully saturated rings. The standard InChI is InChI=1S/C13H17N3O/c1-9(2)16-12-10(4-3-7-14-12)8-15(13(16)17)11-5-6-11/h3-4,7,9,11H,5-6,8H2,1-2H3. The van der Waals surface area contributed by atoms with E-state index in [4.69, 9.17) is 0 Å². The molecule has 0 spiro atoms. The van der Waals surface area contributed by atoms with Crippen LogP contribution >= 0.6 is 0 Å². The van der Waals surface area contributed by atoms with Crippen LogP contribution in [0.4, 0.5) is 10.6 Å². The molecule has 17 heavy (non-hydrogen) atoms. The average Bonchev–Trinajstić information content (AvgIpc) is 3.11. The molecule has 2 heterocycles. The number of aromatic nitrogens is 1. The van der Waals surface area contributed by atoms with Crippen LogP contribution in [0.3, 0.4) is 0 Å². The summed E-state index contributed by atoms with van der Waals surface area (Å²) in [6, 6.07) is 4.74. The van der Waals surface area contributed by atoms with Gasteiger partial charge in [-0.2, -0.15) is 0 Å². The lowest BCUT2D eigenvalue weighted by atomic mass is 10.1. The Morgan fingerprint density at radius 3 is 2.82 bits per heavy atom. The summed E-state index contributed by atoms with van der Waals surface area (Å²) >= 11 is 0. The summed E-state index contributed by atoms with van der Waals surface area (Å²) in [4.78, 5) is 20.6. The third-order valence-electron chi connectivity index (χ3n) is 3.39. The summed E-state index contributed by atoms with van der Waals surface area (Å²) in [6.45, 7) is 4.79. The lowest BCUT2D eigenvalue weighted by molar-refractivity contribution is 0.192. The molecule has 0 N–H and O–H groups in total. The molecule has 1 aliphatic heterocycles. The van der Waals surface area contributed by atoms with E-state index < -0.39 is 0 Å². The number of anilines is 1. The van der Waals surface area contributed by atoms with Gasteiger partial charge in [-0.25, -0.2) is 9.78 Å². The lowest BCUT2D eigenvalue weighted by Gasteiger charge is -2.38. The van der Waals surface area contributed by atoms with E-state index >= 15 is 0 Å². The van der Waals surface area contributed by atoms with Crippen molar-refractivity contribution in [2.45, 2.75) is 45.3 Å². The number of amides is 2. The first-order valence-electron chi connectivity index (χ1n) is 6.22. The molecule has 0 aromatic carbocycles. The Hall–Kier alpha value is -1.58. The van der Waals surface area contributed by atoms with Gasteiger partial charge in [-0.05, 0) is 32.8 Å². The second-order valence-corrected chi connectivity index (χ2v) is 5.09. The molecule has 4 nitrogen and oxygen atoms in total. The van der Waals surface area contributed by atoms with Crippen LogP contribution in [0, 0.1) is 0 Å². The maximum absolute atomic E-state index is 12.4. The fourth-order valence-corrected chi connectivity index (χ4v) is 2.39. The number of nitrogens with zero attached hydrogens (tertiary/aromatic N) is 3. The van der Waals surface area contributed by atoms with E-state index in [1.807, 2.05) is 29.7 Å². The highest BCUT2D eigenvalue weighted by Gasteiger charge is 2.40. The van der Waals surface area contributed by atoms with Crippen molar-refractivity contribution in [1.29, 1.82) is 0 Å². The van der Waals surface area contributed by atoms with Crippen molar-refractivity contribution >= 4 is 11.8 Å². The predicted molar refractivity (Wildman–Crippen MR) is 65.8 cm³/mol. The van der Waals surface area contributed by atoms with Gasteiger partial charge in [0.25, 0.3) is 0 Å². The van der Waals surface area contributed by atoms with Gasteiger partial charge < -0.3 is 4.90 Å². The van der Waals surface area contributed by atoms with E-state index in [9.17, 15) is 4.79 Å². The zero-order valence-corrected chi connectivity index (χ0v) is 10.3. The Kier molecular flexibility index (Phi) is 2.31. The van der Waals surface area contributed by atoms with Crippen molar-refractivity contribution in [3.63, 3.8) is 0 Å². The highest BCUT2D eigenvalue weighted by atomic mass is 16.2. The van der Waals surface area contributed by atoms with Gasteiger partial charge >= 0.3 is 6.03 Å². The van der Waals surface area contributed by atoms with Crippen LogP contribution < -0.4 is 4.90 Å². The Labute approximate surface area is 101 Å². The van der Waals surface area contributed by atoms with Gasteiger partial charge in [0.05, 0.1) is 6.54 Å². The zero-order chi connectivity index (χ0) is 12.0. The van der Waals surface area contributed by atoms with Gasteiger partial charge in [0.1, 0.15) is 5.82 Å². The minimum atomic E-state index is 0.119. The number of urea groups is 1. The number of pyridine rings is 1. The van der Waals surface area contributed by atoms with Crippen LogP contribution in [0.15, 0.2) is 18.3 Å². The molecule has 0 unspecified atom stereocenters. The molecular formula is C13H17N3O. The number of rotatable bonds is 2. The van der Waals surface area contributed by atoms with Gasteiger partial charge in [-0.3, -0.25) is 4.90 Å². The van der Waals surface area contributed by atoms with Crippen LogP contribution in [0.25, 0.3) is 0 Å². The van der Waals surface area contributed by atoms with Crippen molar-refractivity contribution in [2.75, 3.05) is 4.90 Å². The van der Waals surface area contributed by atoms with Crippen molar-refractivity contribution in [2.24, 2.45) is 0 Å². The quantitative estimate of drug-likeness (QED) is 0.783. The number of carbonyl (C=O) groups is 1. The van der Waals surface area contributed by atoms with Gasteiger partial charge in [0, 0.05) is 23.8 Å². The van der Waals surface area contributed by atoms with E-state index in [1.54, 1.807) is 6.20 Å². The molecular weight excluding hydrogens is 214 g/mol. The highest BCUT2D eigenvalue weighted by Crippen LogP contribution is 2.35. The number of fused-ring (bicyclic) bond motifs is 1. The van der Waals surface area contributed by atoms with E-state index in [0.29, 0.717) is 6.04 Å². The first-order valence-corrected chi connectivity index (χ1v) is 6.22. The Balaban J connectivity index is 2.03. The average molecular weight is 231 g/mol. The van der Waals surface area contributed by atoms with Gasteiger partial charge in [-0.15, -0.1) is 0 Å². The molecule has 1 aliphatic carbocycles. The number of hydrogen-bond acceptors (Lipinski definition) is 2. The zero-order valence-electron chi connectivity index (χ0n) is 10.3. The molecule has 4 heteroatoms. The molecule has 1 saturated carbocycles. The van der Waals surface area contributed by atoms with E-state index in [-0.39, 0.29) is 12.1 Å². The lowest BCUT2D eigenvalue weighted by Crippen LogP contribution is -2.51. The molecule has 0 saturated heterocycles. The molecule has 0 bridgehead atoms. The first kappa shape index (κ1) is 10.6. The minimum absolute atomic E-state index is 0.119. The molecule has 1 aromatic heterocycles. The van der Waals surface area contributed by atoms with Crippen LogP contribution in [-0.2, 0) is 6.54 Å². The third kappa shape index (κ3) is 1.68. The monoisotopic (exact) mass is 231 g/mol. The summed E-state index contributed by atoms with van der Waals surface area (Å²) in [5.41, 5.74) is 1.16. The van der Waals surface area contributed by atoms with Crippen molar-refractivity contribution < 1.29 is 4.79 Å². The molecule has 90 valence electrons. The highest BCUT2D eigenvalue weighted by molar-refractivity contribution is 5.94. The molecule has 2 aliphatic rings. The normalized spacial score (nSPS) is 19.8. The number of carbonyl (C=O) groups excluding carboxylic acids is 1. The van der Waals surface area contributed by atoms with E-state index in [2.05, 4.69) is 11.1 Å². The summed E-state index contributed by atoms with van der Waals surface area (Å²) in [5, 5.41) is 0. The molecule has 3 rings (SSSR count). The number of hydrogen-bond donors (Lipinski definition) is 0. The maximum atomic E-state index is 12.4. The summed E-state index contributed by atoms with van der Waals surface area (Å²) in [5.74, 6) is 0.837. The molecule has 0 radical (unpaired) electrons. The second kappa shape index (κ2) is 3.72. The van der Waals surface area contributed by atoms with Crippen LogP contribution in [0.1, 0.15) is 32.3 Å². The van der Waals surface area contributed by atoms with Gasteiger partial charge in [-0.1, -0.05) is 6.07 Å².